The van der Waals surface area contributed by atoms with Gasteiger partial charge in [0, 0.05) is 41.6 Å². The van der Waals surface area contributed by atoms with Crippen molar-refractivity contribution in [3.05, 3.63) is 107 Å². The van der Waals surface area contributed by atoms with E-state index in [1.165, 1.54) is 16.3 Å². The van der Waals surface area contributed by atoms with Gasteiger partial charge in [-0.15, -0.1) is 12.4 Å². The minimum absolute atomic E-state index is 0. The van der Waals surface area contributed by atoms with Gasteiger partial charge in [0.05, 0.1) is 0 Å². The van der Waals surface area contributed by atoms with Gasteiger partial charge in [0.15, 0.2) is 0 Å². The van der Waals surface area contributed by atoms with Crippen LogP contribution < -0.4 is 10.1 Å². The molecule has 148 valence electrons. The molecule has 0 bridgehead atoms. The standard InChI is InChI=1S/C24H21ClN2O.ClH/c25-23-8-4-2-6-20(23)17-28-24-10-9-19-5-1-3-7-21(19)22(24)16-27-15-18-11-13-26-14-12-18;/h1-14,27H,15-17H2;1H. The summed E-state index contributed by atoms with van der Waals surface area (Å²) in [5, 5.41) is 6.65. The van der Waals surface area contributed by atoms with Crippen LogP contribution in [0.4, 0.5) is 0 Å². The van der Waals surface area contributed by atoms with Crippen molar-refractivity contribution in [3.8, 4) is 5.75 Å². The van der Waals surface area contributed by atoms with Gasteiger partial charge in [-0.2, -0.15) is 0 Å². The van der Waals surface area contributed by atoms with E-state index in [4.69, 9.17) is 16.3 Å². The predicted octanol–water partition coefficient (Wildman–Crippen LogP) is 6.18. The van der Waals surface area contributed by atoms with Gasteiger partial charge >= 0.3 is 0 Å². The van der Waals surface area contributed by atoms with Crippen LogP contribution >= 0.6 is 24.0 Å². The molecule has 4 rings (SSSR count). The number of benzene rings is 3. The topological polar surface area (TPSA) is 34.1 Å². The first-order valence-electron chi connectivity index (χ1n) is 9.28. The summed E-state index contributed by atoms with van der Waals surface area (Å²) in [7, 11) is 0. The normalized spacial score (nSPS) is 10.5. The fraction of sp³-hybridized carbons (Fsp3) is 0.125. The Bertz CT molecular complexity index is 1070. The Labute approximate surface area is 182 Å². The highest BCUT2D eigenvalue weighted by atomic mass is 35.5. The van der Waals surface area contributed by atoms with Crippen molar-refractivity contribution >= 4 is 34.8 Å². The Hall–Kier alpha value is -2.59. The molecule has 1 N–H and O–H groups in total. The van der Waals surface area contributed by atoms with Crippen molar-refractivity contribution in [2.75, 3.05) is 0 Å². The molecule has 3 aromatic carbocycles. The molecule has 1 heterocycles. The molecular formula is C24H22Cl2N2O. The van der Waals surface area contributed by atoms with Crippen LogP contribution in [-0.2, 0) is 19.7 Å². The van der Waals surface area contributed by atoms with Crippen LogP contribution in [0.5, 0.6) is 5.75 Å². The monoisotopic (exact) mass is 424 g/mol. The van der Waals surface area contributed by atoms with Gasteiger partial charge in [0.25, 0.3) is 0 Å². The third-order valence-corrected chi connectivity index (χ3v) is 5.09. The average Bonchev–Trinajstić information content (AvgIpc) is 2.74. The maximum Gasteiger partial charge on any atom is 0.124 e. The quantitative estimate of drug-likeness (QED) is 0.384. The maximum atomic E-state index is 6.28. The molecule has 0 saturated heterocycles. The van der Waals surface area contributed by atoms with Gasteiger partial charge in [-0.3, -0.25) is 4.98 Å². The lowest BCUT2D eigenvalue weighted by Crippen LogP contribution is -2.14. The fourth-order valence-corrected chi connectivity index (χ4v) is 3.43. The van der Waals surface area contributed by atoms with Gasteiger partial charge in [-0.1, -0.05) is 60.1 Å². The summed E-state index contributed by atoms with van der Waals surface area (Å²) in [5.74, 6) is 0.876. The maximum absolute atomic E-state index is 6.28. The average molecular weight is 425 g/mol. The second-order valence-corrected chi connectivity index (χ2v) is 7.01. The molecule has 0 saturated carbocycles. The van der Waals surface area contributed by atoms with Crippen LogP contribution in [0.2, 0.25) is 5.02 Å². The molecule has 0 atom stereocenters. The van der Waals surface area contributed by atoms with Crippen LogP contribution in [0.1, 0.15) is 16.7 Å². The van der Waals surface area contributed by atoms with Gasteiger partial charge < -0.3 is 10.1 Å². The summed E-state index contributed by atoms with van der Waals surface area (Å²) < 4.78 is 6.18. The molecule has 3 nitrogen and oxygen atoms in total. The van der Waals surface area contributed by atoms with E-state index in [1.807, 2.05) is 54.9 Å². The summed E-state index contributed by atoms with van der Waals surface area (Å²) in [4.78, 5) is 4.07. The van der Waals surface area contributed by atoms with E-state index in [0.29, 0.717) is 13.2 Å². The number of fused-ring (bicyclic) bond motifs is 1. The molecular weight excluding hydrogens is 403 g/mol. The molecule has 0 aliphatic heterocycles. The van der Waals surface area contributed by atoms with E-state index in [2.05, 4.69) is 40.6 Å². The second-order valence-electron chi connectivity index (χ2n) is 6.60. The minimum Gasteiger partial charge on any atom is -0.488 e. The van der Waals surface area contributed by atoms with Gasteiger partial charge in [-0.25, -0.2) is 0 Å². The van der Waals surface area contributed by atoms with Crippen LogP contribution in [0.15, 0.2) is 85.2 Å². The highest BCUT2D eigenvalue weighted by molar-refractivity contribution is 6.31. The molecule has 0 spiro atoms. The lowest BCUT2D eigenvalue weighted by atomic mass is 10.0. The Morgan fingerprint density at radius 1 is 0.828 bits per heavy atom. The first kappa shape index (κ1) is 21.1. The first-order valence-corrected chi connectivity index (χ1v) is 9.65. The SMILES string of the molecule is Cl.Clc1ccccc1COc1ccc2ccccc2c1CNCc1ccncc1. The first-order chi connectivity index (χ1) is 13.8. The highest BCUT2D eigenvalue weighted by Crippen LogP contribution is 2.29. The van der Waals surface area contributed by atoms with Crippen molar-refractivity contribution in [3.63, 3.8) is 0 Å². The van der Waals surface area contributed by atoms with Gasteiger partial charge in [0.2, 0.25) is 0 Å². The fourth-order valence-electron chi connectivity index (χ4n) is 3.24. The third kappa shape index (κ3) is 5.27. The number of rotatable bonds is 7. The van der Waals surface area contributed by atoms with E-state index < -0.39 is 0 Å². The van der Waals surface area contributed by atoms with Gasteiger partial charge in [0.1, 0.15) is 12.4 Å². The Morgan fingerprint density at radius 2 is 1.59 bits per heavy atom. The molecule has 4 aromatic rings. The Kier molecular flexibility index (Phi) is 7.48. The predicted molar refractivity (Wildman–Crippen MR) is 122 cm³/mol. The van der Waals surface area contributed by atoms with Crippen LogP contribution in [0.25, 0.3) is 10.8 Å². The third-order valence-electron chi connectivity index (χ3n) is 4.72. The second kappa shape index (κ2) is 10.3. The Balaban J connectivity index is 0.00000240. The van der Waals surface area contributed by atoms with Crippen molar-refractivity contribution < 1.29 is 4.74 Å². The largest absolute Gasteiger partial charge is 0.488 e. The number of nitrogens with one attached hydrogen (secondary N) is 1. The van der Waals surface area contributed by atoms with E-state index in [9.17, 15) is 0 Å². The molecule has 0 amide bonds. The van der Waals surface area contributed by atoms with Crippen molar-refractivity contribution in [2.45, 2.75) is 19.7 Å². The number of pyridine rings is 1. The molecule has 0 aliphatic rings. The van der Waals surface area contributed by atoms with Crippen molar-refractivity contribution in [1.29, 1.82) is 0 Å². The van der Waals surface area contributed by atoms with Crippen LogP contribution in [0, 0.1) is 0 Å². The number of ether oxygens (including phenoxy) is 1. The molecule has 5 heteroatoms. The zero-order valence-electron chi connectivity index (χ0n) is 15.8. The summed E-state index contributed by atoms with van der Waals surface area (Å²) in [6.07, 6.45) is 3.63. The van der Waals surface area contributed by atoms with Gasteiger partial charge in [-0.05, 0) is 40.6 Å². The summed E-state index contributed by atoms with van der Waals surface area (Å²) in [5.41, 5.74) is 3.33. The molecule has 0 radical (unpaired) electrons. The zero-order valence-corrected chi connectivity index (χ0v) is 17.4. The molecule has 1 aromatic heterocycles. The van der Waals surface area contributed by atoms with Crippen molar-refractivity contribution in [2.24, 2.45) is 0 Å². The summed E-state index contributed by atoms with van der Waals surface area (Å²) >= 11 is 6.28. The zero-order chi connectivity index (χ0) is 19.2. The van der Waals surface area contributed by atoms with Crippen LogP contribution in [-0.4, -0.2) is 4.98 Å². The molecule has 0 fully saturated rings. The number of hydrogen-bond acceptors (Lipinski definition) is 3. The number of aromatic nitrogens is 1. The van der Waals surface area contributed by atoms with Crippen LogP contribution in [0.3, 0.4) is 0 Å². The number of halogens is 2. The Morgan fingerprint density at radius 3 is 2.41 bits per heavy atom. The summed E-state index contributed by atoms with van der Waals surface area (Å²) in [6, 6.07) is 24.3. The van der Waals surface area contributed by atoms with E-state index in [0.717, 1.165) is 28.4 Å². The lowest BCUT2D eigenvalue weighted by molar-refractivity contribution is 0.303. The van der Waals surface area contributed by atoms with E-state index in [1.54, 1.807) is 0 Å². The van der Waals surface area contributed by atoms with E-state index >= 15 is 0 Å². The molecule has 29 heavy (non-hydrogen) atoms. The van der Waals surface area contributed by atoms with Crippen molar-refractivity contribution in [1.82, 2.24) is 10.3 Å². The smallest absolute Gasteiger partial charge is 0.124 e. The molecule has 0 aliphatic carbocycles. The summed E-state index contributed by atoms with van der Waals surface area (Å²) in [6.45, 7) is 1.92. The molecule has 0 unspecified atom stereocenters. The number of hydrogen-bond donors (Lipinski definition) is 1. The lowest BCUT2D eigenvalue weighted by Gasteiger charge is -2.16. The minimum atomic E-state index is 0. The van der Waals surface area contributed by atoms with E-state index in [-0.39, 0.29) is 12.4 Å². The number of nitrogens with zero attached hydrogens (tertiary/aromatic N) is 1. The highest BCUT2D eigenvalue weighted by Gasteiger charge is 2.10.